The van der Waals surface area contributed by atoms with Gasteiger partial charge in [-0.05, 0) is 18.1 Å². The van der Waals surface area contributed by atoms with Gasteiger partial charge < -0.3 is 24.1 Å². The predicted octanol–water partition coefficient (Wildman–Crippen LogP) is 2.38. The summed E-state index contributed by atoms with van der Waals surface area (Å²) in [4.78, 5) is 41.2. The van der Waals surface area contributed by atoms with Crippen LogP contribution in [-0.2, 0) is 16.6 Å². The minimum Gasteiger partial charge on any atom is -0.497 e. The van der Waals surface area contributed by atoms with Gasteiger partial charge in [-0.1, -0.05) is 13.8 Å². The van der Waals surface area contributed by atoms with Crippen molar-refractivity contribution in [2.75, 3.05) is 18.6 Å². The standard InChI is InChI=1S/C22H23N3O6/c1-11(2)19-22(29)25(10-17(26)27)16-8-12(30-4)7-14(20(16)31-19)15-9-24(3)21(28)18-13(15)5-6-23-18/h5-9,11,19,23H,10H2,1-4H3,(H,26,27). The zero-order chi connectivity index (χ0) is 22.4. The Bertz CT molecular complexity index is 1260. The number of aromatic amines is 1. The summed E-state index contributed by atoms with van der Waals surface area (Å²) in [6.07, 6.45) is 2.53. The molecule has 0 saturated carbocycles. The number of nitrogens with zero attached hydrogens (tertiary/aromatic N) is 2. The number of aryl methyl sites for hydroxylation is 1. The van der Waals surface area contributed by atoms with E-state index in [1.807, 2.05) is 13.8 Å². The van der Waals surface area contributed by atoms with E-state index in [1.165, 1.54) is 16.6 Å². The lowest BCUT2D eigenvalue weighted by atomic mass is 9.97. The number of amides is 1. The van der Waals surface area contributed by atoms with Gasteiger partial charge in [-0.3, -0.25) is 19.3 Å². The topological polar surface area (TPSA) is 114 Å². The van der Waals surface area contributed by atoms with E-state index in [-0.39, 0.29) is 11.5 Å². The monoisotopic (exact) mass is 425 g/mol. The Balaban J connectivity index is 2.05. The molecule has 2 N–H and O–H groups in total. The molecule has 0 bridgehead atoms. The number of ether oxygens (including phenoxy) is 2. The van der Waals surface area contributed by atoms with Crippen molar-refractivity contribution < 1.29 is 24.2 Å². The van der Waals surface area contributed by atoms with Crippen molar-refractivity contribution in [3.8, 4) is 22.6 Å². The Morgan fingerprint density at radius 1 is 1.29 bits per heavy atom. The summed E-state index contributed by atoms with van der Waals surface area (Å²) < 4.78 is 13.1. The first kappa shape index (κ1) is 20.5. The number of carbonyl (C=O) groups is 2. The van der Waals surface area contributed by atoms with E-state index in [0.29, 0.717) is 39.2 Å². The molecule has 0 spiro atoms. The number of hydrogen-bond donors (Lipinski definition) is 2. The number of carbonyl (C=O) groups excluding carboxylic acids is 1. The number of carboxylic acids is 1. The highest BCUT2D eigenvalue weighted by Crippen LogP contribution is 2.47. The number of aliphatic carboxylic acids is 1. The van der Waals surface area contributed by atoms with E-state index in [4.69, 9.17) is 9.47 Å². The number of nitrogens with one attached hydrogen (secondary N) is 1. The first-order valence-corrected chi connectivity index (χ1v) is 9.81. The Labute approximate surface area is 177 Å². The van der Waals surface area contributed by atoms with Gasteiger partial charge in [0, 0.05) is 42.0 Å². The van der Waals surface area contributed by atoms with Crippen LogP contribution in [0.1, 0.15) is 13.8 Å². The van der Waals surface area contributed by atoms with Crippen molar-refractivity contribution in [3.63, 3.8) is 0 Å². The molecule has 0 aliphatic carbocycles. The normalized spacial score (nSPS) is 15.8. The summed E-state index contributed by atoms with van der Waals surface area (Å²) >= 11 is 0. The van der Waals surface area contributed by atoms with E-state index in [0.717, 1.165) is 0 Å². The van der Waals surface area contributed by atoms with E-state index in [1.54, 1.807) is 37.6 Å². The summed E-state index contributed by atoms with van der Waals surface area (Å²) in [7, 11) is 3.14. The molecule has 31 heavy (non-hydrogen) atoms. The molecule has 2 aromatic heterocycles. The minimum atomic E-state index is -1.14. The van der Waals surface area contributed by atoms with Gasteiger partial charge in [-0.15, -0.1) is 0 Å². The minimum absolute atomic E-state index is 0.177. The largest absolute Gasteiger partial charge is 0.497 e. The van der Waals surface area contributed by atoms with Crippen LogP contribution in [-0.4, -0.2) is 46.3 Å². The number of methoxy groups -OCH3 is 1. The number of carboxylic acid groups (broad SMARTS) is 1. The maximum absolute atomic E-state index is 13.0. The first-order chi connectivity index (χ1) is 14.7. The number of rotatable bonds is 5. The average molecular weight is 425 g/mol. The molecule has 3 heterocycles. The molecule has 9 nitrogen and oxygen atoms in total. The summed E-state index contributed by atoms with van der Waals surface area (Å²) in [6.45, 7) is 3.18. The van der Waals surface area contributed by atoms with E-state index in [2.05, 4.69) is 4.98 Å². The molecule has 1 aromatic carbocycles. The van der Waals surface area contributed by atoms with Crippen molar-refractivity contribution in [3.05, 3.63) is 40.9 Å². The molecule has 1 amide bonds. The fourth-order valence-corrected chi connectivity index (χ4v) is 3.88. The van der Waals surface area contributed by atoms with Gasteiger partial charge in [-0.25, -0.2) is 0 Å². The van der Waals surface area contributed by atoms with Crippen molar-refractivity contribution >= 4 is 28.5 Å². The highest BCUT2D eigenvalue weighted by molar-refractivity contribution is 6.06. The zero-order valence-corrected chi connectivity index (χ0v) is 17.6. The number of benzene rings is 1. The van der Waals surface area contributed by atoms with Gasteiger partial charge in [0.05, 0.1) is 12.8 Å². The lowest BCUT2D eigenvalue weighted by Gasteiger charge is -2.36. The second-order valence-corrected chi connectivity index (χ2v) is 7.85. The molecule has 0 saturated heterocycles. The highest BCUT2D eigenvalue weighted by atomic mass is 16.5. The maximum atomic E-state index is 13.0. The van der Waals surface area contributed by atoms with Gasteiger partial charge in [0.15, 0.2) is 11.9 Å². The van der Waals surface area contributed by atoms with Gasteiger partial charge in [0.25, 0.3) is 11.5 Å². The number of hydrogen-bond acceptors (Lipinski definition) is 5. The summed E-state index contributed by atoms with van der Waals surface area (Å²) in [5.41, 5.74) is 1.87. The Morgan fingerprint density at radius 3 is 2.68 bits per heavy atom. The molecule has 162 valence electrons. The number of H-pyrrole nitrogens is 1. The molecular formula is C22H23N3O6. The van der Waals surface area contributed by atoms with Gasteiger partial charge in [0.2, 0.25) is 0 Å². The lowest BCUT2D eigenvalue weighted by Crippen LogP contribution is -2.50. The van der Waals surface area contributed by atoms with Crippen LogP contribution in [0.2, 0.25) is 0 Å². The SMILES string of the molecule is COc1cc(-c2cn(C)c(=O)c3[nH]ccc23)c2c(c1)N(CC(=O)O)C(=O)C(C(C)C)O2. The molecule has 0 fully saturated rings. The second-order valence-electron chi connectivity index (χ2n) is 7.85. The lowest BCUT2D eigenvalue weighted by molar-refractivity contribution is -0.138. The highest BCUT2D eigenvalue weighted by Gasteiger charge is 2.39. The molecule has 1 atom stereocenters. The van der Waals surface area contributed by atoms with Crippen LogP contribution in [0.5, 0.6) is 11.5 Å². The van der Waals surface area contributed by atoms with Gasteiger partial charge in [0.1, 0.15) is 17.8 Å². The molecule has 4 rings (SSSR count). The summed E-state index contributed by atoms with van der Waals surface area (Å²) in [5.74, 6) is -0.929. The Hall–Kier alpha value is -3.75. The van der Waals surface area contributed by atoms with Crippen LogP contribution in [0, 0.1) is 5.92 Å². The molecule has 1 unspecified atom stereocenters. The van der Waals surface area contributed by atoms with E-state index in [9.17, 15) is 19.5 Å². The van der Waals surface area contributed by atoms with Crippen LogP contribution in [0.15, 0.2) is 35.4 Å². The van der Waals surface area contributed by atoms with Crippen LogP contribution >= 0.6 is 0 Å². The fourth-order valence-electron chi connectivity index (χ4n) is 3.88. The first-order valence-electron chi connectivity index (χ1n) is 9.81. The molecule has 1 aliphatic heterocycles. The zero-order valence-electron chi connectivity index (χ0n) is 17.6. The number of pyridine rings is 1. The Kier molecular flexibility index (Phi) is 4.96. The number of fused-ring (bicyclic) bond motifs is 2. The number of anilines is 1. The van der Waals surface area contributed by atoms with Crippen LogP contribution in [0.3, 0.4) is 0 Å². The smallest absolute Gasteiger partial charge is 0.323 e. The van der Waals surface area contributed by atoms with Crippen molar-refractivity contribution in [1.82, 2.24) is 9.55 Å². The molecule has 0 radical (unpaired) electrons. The van der Waals surface area contributed by atoms with Crippen LogP contribution in [0.4, 0.5) is 5.69 Å². The van der Waals surface area contributed by atoms with Crippen molar-refractivity contribution in [1.29, 1.82) is 0 Å². The maximum Gasteiger partial charge on any atom is 0.323 e. The third kappa shape index (κ3) is 3.31. The quantitative estimate of drug-likeness (QED) is 0.649. The molecule has 9 heteroatoms. The van der Waals surface area contributed by atoms with E-state index >= 15 is 0 Å². The third-order valence-corrected chi connectivity index (χ3v) is 5.41. The summed E-state index contributed by atoms with van der Waals surface area (Å²) in [6, 6.07) is 5.14. The predicted molar refractivity (Wildman–Crippen MR) is 115 cm³/mol. The van der Waals surface area contributed by atoms with Crippen molar-refractivity contribution in [2.45, 2.75) is 20.0 Å². The van der Waals surface area contributed by atoms with Crippen molar-refractivity contribution in [2.24, 2.45) is 13.0 Å². The molecule has 3 aromatic rings. The summed E-state index contributed by atoms with van der Waals surface area (Å²) in [5, 5.41) is 10.1. The van der Waals surface area contributed by atoms with Crippen LogP contribution in [0.25, 0.3) is 22.0 Å². The molecular weight excluding hydrogens is 402 g/mol. The average Bonchev–Trinajstić information content (AvgIpc) is 3.21. The molecule has 1 aliphatic rings. The number of aromatic nitrogens is 2. The van der Waals surface area contributed by atoms with Gasteiger partial charge >= 0.3 is 5.97 Å². The Morgan fingerprint density at radius 2 is 2.03 bits per heavy atom. The van der Waals surface area contributed by atoms with Gasteiger partial charge in [-0.2, -0.15) is 0 Å². The second kappa shape index (κ2) is 7.50. The van der Waals surface area contributed by atoms with E-state index < -0.39 is 24.5 Å². The third-order valence-electron chi connectivity index (χ3n) is 5.41. The fraction of sp³-hybridized carbons (Fsp3) is 0.318. The van der Waals surface area contributed by atoms with Crippen LogP contribution < -0.4 is 19.9 Å².